The van der Waals surface area contributed by atoms with Crippen LogP contribution in [0.5, 0.6) is 0 Å². The molecule has 0 saturated carbocycles. The molecule has 0 N–H and O–H groups in total. The van der Waals surface area contributed by atoms with Crippen molar-refractivity contribution in [2.45, 2.75) is 30.6 Å². The molecule has 2 rings (SSSR count). The number of urea groups is 1. The molecule has 7 nitrogen and oxygen atoms in total. The van der Waals surface area contributed by atoms with Crippen LogP contribution in [0.25, 0.3) is 0 Å². The van der Waals surface area contributed by atoms with E-state index in [4.69, 9.17) is 0 Å². The van der Waals surface area contributed by atoms with Crippen molar-refractivity contribution in [1.29, 1.82) is 0 Å². The standard InChI is InChI=1S/C9H13FN2O5S/c1-18(16)6-3-2-5-4-11(6)9(15)12(5)17-7(10)8(13)14/h5-7H,2-4H2,1H3,(H,13,14)/p-1/t5-,6-,7+,18-/m1/s1. The van der Waals surface area contributed by atoms with Gasteiger partial charge in [0.05, 0.1) is 6.04 Å². The van der Waals surface area contributed by atoms with Crippen LogP contribution in [-0.2, 0) is 20.4 Å². The third-order valence-electron chi connectivity index (χ3n) is 3.04. The lowest BCUT2D eigenvalue weighted by molar-refractivity contribution is -0.338. The Morgan fingerprint density at radius 3 is 2.83 bits per heavy atom. The average Bonchev–Trinajstić information content (AvgIpc) is 2.54. The molecular weight excluding hydrogens is 267 g/mol. The van der Waals surface area contributed by atoms with Crippen LogP contribution in [0, 0.1) is 0 Å². The highest BCUT2D eigenvalue weighted by atomic mass is 32.2. The Bertz CT molecular complexity index is 406. The minimum atomic E-state index is -2.68. The lowest BCUT2D eigenvalue weighted by Crippen LogP contribution is -2.43. The number of piperidine rings is 1. The lowest BCUT2D eigenvalue weighted by atomic mass is 10.1. The van der Waals surface area contributed by atoms with Gasteiger partial charge in [0.15, 0.2) is 0 Å². The predicted octanol–water partition coefficient (Wildman–Crippen LogP) is -1.43. The van der Waals surface area contributed by atoms with Gasteiger partial charge < -0.3 is 14.8 Å². The summed E-state index contributed by atoms with van der Waals surface area (Å²) in [6, 6.07) is -1.06. The minimum absolute atomic E-state index is 0.267. The Morgan fingerprint density at radius 1 is 1.61 bits per heavy atom. The van der Waals surface area contributed by atoms with E-state index >= 15 is 0 Å². The monoisotopic (exact) mass is 279 g/mol. The van der Waals surface area contributed by atoms with Gasteiger partial charge in [0.1, 0.15) is 11.3 Å². The number of nitrogens with zero attached hydrogens (tertiary/aromatic N) is 2. The van der Waals surface area contributed by atoms with Gasteiger partial charge in [-0.15, -0.1) is 0 Å². The normalized spacial score (nSPS) is 30.4. The second-order valence-electron chi connectivity index (χ2n) is 4.19. The van der Waals surface area contributed by atoms with Gasteiger partial charge >= 0.3 is 6.03 Å². The molecule has 0 aromatic heterocycles. The maximum absolute atomic E-state index is 12.9. The highest BCUT2D eigenvalue weighted by molar-refractivity contribution is 7.84. The Labute approximate surface area is 105 Å². The number of aliphatic carboxylic acids is 1. The molecule has 2 aliphatic heterocycles. The number of carbonyl (C=O) groups excluding carboxylic acids is 2. The quantitative estimate of drug-likeness (QED) is 0.629. The van der Waals surface area contributed by atoms with Gasteiger partial charge in [-0.25, -0.2) is 14.0 Å². The minimum Gasteiger partial charge on any atom is -0.544 e. The summed E-state index contributed by atoms with van der Waals surface area (Å²) in [6.45, 7) is 0.267. The van der Waals surface area contributed by atoms with Crippen molar-refractivity contribution in [3.63, 3.8) is 0 Å². The van der Waals surface area contributed by atoms with Gasteiger partial charge in [-0.3, -0.25) is 4.21 Å². The Kier molecular flexibility index (Phi) is 3.53. The van der Waals surface area contributed by atoms with Crippen LogP contribution in [0.2, 0.25) is 0 Å². The fraction of sp³-hybridized carbons (Fsp3) is 0.778. The molecule has 2 fully saturated rings. The van der Waals surface area contributed by atoms with Crippen molar-refractivity contribution < 1.29 is 28.1 Å². The van der Waals surface area contributed by atoms with Crippen LogP contribution in [-0.4, -0.2) is 56.7 Å². The Balaban J connectivity index is 2.10. The van der Waals surface area contributed by atoms with Crippen molar-refractivity contribution in [3.05, 3.63) is 0 Å². The SMILES string of the molecule is C[S@@](=O)[C@@H]1CC[C@@H]2CN1C(=O)N2O[C@H](F)C(=O)[O-]. The summed E-state index contributed by atoms with van der Waals surface area (Å²) in [5.41, 5.74) is 0. The van der Waals surface area contributed by atoms with Crippen molar-refractivity contribution in [3.8, 4) is 0 Å². The second kappa shape index (κ2) is 4.81. The zero-order valence-corrected chi connectivity index (χ0v) is 10.4. The Hall–Kier alpha value is -1.22. The fourth-order valence-corrected chi connectivity index (χ4v) is 3.22. The number of carboxylic acids is 1. The maximum atomic E-state index is 12.9. The number of carbonyl (C=O) groups is 2. The molecule has 0 aromatic rings. The largest absolute Gasteiger partial charge is 0.544 e. The first-order valence-corrected chi connectivity index (χ1v) is 6.97. The van der Waals surface area contributed by atoms with Crippen molar-refractivity contribution in [2.75, 3.05) is 12.8 Å². The highest BCUT2D eigenvalue weighted by Gasteiger charge is 2.47. The summed E-state index contributed by atoms with van der Waals surface area (Å²) >= 11 is 0. The molecule has 0 aromatic carbocycles. The number of carboxylic acid groups (broad SMARTS) is 1. The van der Waals surface area contributed by atoms with Crippen LogP contribution < -0.4 is 5.11 Å². The topological polar surface area (TPSA) is 90.0 Å². The van der Waals surface area contributed by atoms with Gasteiger partial charge in [-0.05, 0) is 12.8 Å². The Morgan fingerprint density at radius 2 is 2.28 bits per heavy atom. The van der Waals surface area contributed by atoms with Gasteiger partial charge in [-0.2, -0.15) is 5.06 Å². The highest BCUT2D eigenvalue weighted by Crippen LogP contribution is 2.31. The van der Waals surface area contributed by atoms with E-state index in [0.717, 1.165) is 0 Å². The molecule has 2 bridgehead atoms. The van der Waals surface area contributed by atoms with E-state index < -0.39 is 40.6 Å². The first-order valence-electron chi connectivity index (χ1n) is 5.35. The summed E-state index contributed by atoms with van der Waals surface area (Å²) in [5, 5.41) is 10.5. The zero-order valence-electron chi connectivity index (χ0n) is 9.58. The lowest BCUT2D eigenvalue weighted by Gasteiger charge is -2.28. The van der Waals surface area contributed by atoms with Crippen LogP contribution in [0.1, 0.15) is 12.8 Å². The number of fused-ring (bicyclic) bond motifs is 2. The molecule has 2 heterocycles. The maximum Gasteiger partial charge on any atom is 0.345 e. The molecule has 102 valence electrons. The average molecular weight is 279 g/mol. The molecule has 0 unspecified atom stereocenters. The van der Waals surface area contributed by atoms with Crippen molar-refractivity contribution >= 4 is 22.8 Å². The molecule has 2 amide bonds. The first kappa shape index (κ1) is 13.2. The first-order chi connectivity index (χ1) is 8.41. The number of alkyl halides is 1. The summed E-state index contributed by atoms with van der Waals surface area (Å²) in [5.74, 6) is -2.03. The number of halogens is 1. The summed E-state index contributed by atoms with van der Waals surface area (Å²) in [6.07, 6.45) is -0.186. The number of hydrogen-bond acceptors (Lipinski definition) is 5. The van der Waals surface area contributed by atoms with Crippen LogP contribution in [0.15, 0.2) is 0 Å². The van der Waals surface area contributed by atoms with Gasteiger partial charge in [0, 0.05) is 23.6 Å². The van der Waals surface area contributed by atoms with Crippen LogP contribution in [0.4, 0.5) is 9.18 Å². The molecule has 4 atom stereocenters. The molecule has 9 heteroatoms. The molecule has 0 aliphatic carbocycles. The van der Waals surface area contributed by atoms with E-state index in [-0.39, 0.29) is 6.54 Å². The van der Waals surface area contributed by atoms with Gasteiger partial charge in [-0.1, -0.05) is 0 Å². The third kappa shape index (κ3) is 2.19. The summed E-state index contributed by atoms with van der Waals surface area (Å²) in [7, 11) is -1.21. The molecular formula is C9H12FN2O5S-. The van der Waals surface area contributed by atoms with Crippen LogP contribution in [0.3, 0.4) is 0 Å². The van der Waals surface area contributed by atoms with E-state index in [1.807, 2.05) is 0 Å². The second-order valence-corrected chi connectivity index (χ2v) is 5.73. The van der Waals surface area contributed by atoms with E-state index in [1.54, 1.807) is 0 Å². The molecule has 0 spiro atoms. The van der Waals surface area contributed by atoms with E-state index in [9.17, 15) is 23.3 Å². The molecule has 18 heavy (non-hydrogen) atoms. The van der Waals surface area contributed by atoms with Crippen molar-refractivity contribution in [2.24, 2.45) is 0 Å². The van der Waals surface area contributed by atoms with E-state index in [1.165, 1.54) is 11.2 Å². The number of rotatable bonds is 4. The van der Waals surface area contributed by atoms with E-state index in [0.29, 0.717) is 17.9 Å². The smallest absolute Gasteiger partial charge is 0.345 e. The predicted molar refractivity (Wildman–Crippen MR) is 55.8 cm³/mol. The van der Waals surface area contributed by atoms with Gasteiger partial charge in [0.25, 0.3) is 6.36 Å². The van der Waals surface area contributed by atoms with Crippen LogP contribution >= 0.6 is 0 Å². The molecule has 0 radical (unpaired) electrons. The fourth-order valence-electron chi connectivity index (χ4n) is 2.22. The number of hydrogen-bond donors (Lipinski definition) is 0. The number of hydroxylamine groups is 2. The van der Waals surface area contributed by atoms with Gasteiger partial charge in [0.2, 0.25) is 0 Å². The molecule has 2 saturated heterocycles. The van der Waals surface area contributed by atoms with E-state index in [2.05, 4.69) is 4.84 Å². The summed E-state index contributed by atoms with van der Waals surface area (Å²) in [4.78, 5) is 27.9. The summed E-state index contributed by atoms with van der Waals surface area (Å²) < 4.78 is 24.4. The zero-order chi connectivity index (χ0) is 13.4. The van der Waals surface area contributed by atoms with Crippen molar-refractivity contribution in [1.82, 2.24) is 9.96 Å². The third-order valence-corrected chi connectivity index (χ3v) is 4.30. The molecule has 2 aliphatic rings. The number of amides is 2.